The van der Waals surface area contributed by atoms with Crippen LogP contribution in [-0.4, -0.2) is 49.8 Å². The Balaban J connectivity index is 1.65. The molecule has 0 aromatic heterocycles. The molecule has 0 radical (unpaired) electrons. The van der Waals surface area contributed by atoms with Crippen LogP contribution in [0.3, 0.4) is 0 Å². The summed E-state index contributed by atoms with van der Waals surface area (Å²) in [6.45, 7) is 10.1. The molecule has 3 rings (SSSR count). The van der Waals surface area contributed by atoms with Crippen molar-refractivity contribution in [2.24, 2.45) is 11.3 Å². The second-order valence-corrected chi connectivity index (χ2v) is 8.06. The maximum atomic E-state index is 5.90. The van der Waals surface area contributed by atoms with E-state index in [4.69, 9.17) is 4.74 Å². The predicted octanol–water partition coefficient (Wildman–Crippen LogP) is 3.05. The van der Waals surface area contributed by atoms with Gasteiger partial charge in [-0.05, 0) is 51.0 Å². The predicted molar refractivity (Wildman–Crippen MR) is 87.6 cm³/mol. The van der Waals surface area contributed by atoms with E-state index in [1.54, 1.807) is 0 Å². The SMILES string of the molecule is CC(C)NCC1(CN2CCCC3CCCC32)CCCOC1. The maximum absolute atomic E-state index is 5.90. The number of hydrogen-bond donors (Lipinski definition) is 1. The molecule has 1 saturated carbocycles. The van der Waals surface area contributed by atoms with Crippen molar-refractivity contribution in [3.8, 4) is 0 Å². The molecule has 3 unspecified atom stereocenters. The van der Waals surface area contributed by atoms with Gasteiger partial charge in [-0.2, -0.15) is 0 Å². The van der Waals surface area contributed by atoms with Crippen molar-refractivity contribution in [2.45, 2.75) is 70.9 Å². The smallest absolute Gasteiger partial charge is 0.0546 e. The van der Waals surface area contributed by atoms with Crippen LogP contribution < -0.4 is 5.32 Å². The fourth-order valence-electron chi connectivity index (χ4n) is 4.83. The summed E-state index contributed by atoms with van der Waals surface area (Å²) in [6, 6.07) is 1.46. The number of ether oxygens (including phenoxy) is 1. The van der Waals surface area contributed by atoms with Crippen LogP contribution in [0.15, 0.2) is 0 Å². The summed E-state index contributed by atoms with van der Waals surface area (Å²) >= 11 is 0. The van der Waals surface area contributed by atoms with Crippen molar-refractivity contribution < 1.29 is 4.74 Å². The van der Waals surface area contributed by atoms with Crippen molar-refractivity contribution in [3.05, 3.63) is 0 Å². The van der Waals surface area contributed by atoms with Gasteiger partial charge in [0, 0.05) is 37.2 Å². The largest absolute Gasteiger partial charge is 0.381 e. The molecule has 0 spiro atoms. The first-order chi connectivity index (χ1) is 10.2. The van der Waals surface area contributed by atoms with Crippen molar-refractivity contribution >= 4 is 0 Å². The Labute approximate surface area is 130 Å². The molecule has 1 N–H and O–H groups in total. The van der Waals surface area contributed by atoms with E-state index in [1.807, 2.05) is 0 Å². The Morgan fingerprint density at radius 3 is 2.81 bits per heavy atom. The molecule has 3 fully saturated rings. The molecule has 0 bridgehead atoms. The van der Waals surface area contributed by atoms with E-state index in [9.17, 15) is 0 Å². The van der Waals surface area contributed by atoms with Crippen molar-refractivity contribution in [1.29, 1.82) is 0 Å². The molecule has 3 aliphatic rings. The number of nitrogens with one attached hydrogen (secondary N) is 1. The lowest BCUT2D eigenvalue weighted by Crippen LogP contribution is -2.54. The van der Waals surface area contributed by atoms with Crippen molar-refractivity contribution in [3.63, 3.8) is 0 Å². The van der Waals surface area contributed by atoms with Gasteiger partial charge in [0.15, 0.2) is 0 Å². The Morgan fingerprint density at radius 1 is 1.19 bits per heavy atom. The van der Waals surface area contributed by atoms with Crippen LogP contribution in [-0.2, 0) is 4.74 Å². The number of likely N-dealkylation sites (tertiary alicyclic amines) is 1. The van der Waals surface area contributed by atoms with Gasteiger partial charge in [0.2, 0.25) is 0 Å². The van der Waals surface area contributed by atoms with E-state index in [2.05, 4.69) is 24.1 Å². The molecule has 122 valence electrons. The van der Waals surface area contributed by atoms with E-state index in [1.165, 1.54) is 58.0 Å². The summed E-state index contributed by atoms with van der Waals surface area (Å²) < 4.78 is 5.90. The average molecular weight is 294 g/mol. The molecule has 2 saturated heterocycles. The van der Waals surface area contributed by atoms with Crippen LogP contribution in [0.25, 0.3) is 0 Å². The lowest BCUT2D eigenvalue weighted by Gasteiger charge is -2.46. The molecule has 2 aliphatic heterocycles. The van der Waals surface area contributed by atoms with Gasteiger partial charge in [-0.1, -0.05) is 20.3 Å². The van der Waals surface area contributed by atoms with E-state index < -0.39 is 0 Å². The molecule has 21 heavy (non-hydrogen) atoms. The summed E-state index contributed by atoms with van der Waals surface area (Å²) in [6.07, 6.45) is 9.85. The molecule has 3 heteroatoms. The molecule has 1 aliphatic carbocycles. The van der Waals surface area contributed by atoms with E-state index >= 15 is 0 Å². The Bertz CT molecular complexity index is 325. The van der Waals surface area contributed by atoms with E-state index in [-0.39, 0.29) is 0 Å². The summed E-state index contributed by atoms with van der Waals surface area (Å²) in [4.78, 5) is 2.85. The van der Waals surface area contributed by atoms with Crippen LogP contribution in [0, 0.1) is 11.3 Å². The molecule has 3 nitrogen and oxygen atoms in total. The number of rotatable bonds is 5. The first-order valence-corrected chi connectivity index (χ1v) is 9.24. The molecular weight excluding hydrogens is 260 g/mol. The molecule has 0 aromatic carbocycles. The zero-order chi connectivity index (χ0) is 14.7. The lowest BCUT2D eigenvalue weighted by atomic mass is 9.80. The molecular formula is C18H34N2O. The van der Waals surface area contributed by atoms with Crippen LogP contribution in [0.1, 0.15) is 58.8 Å². The van der Waals surface area contributed by atoms with Crippen LogP contribution in [0.4, 0.5) is 0 Å². The Kier molecular flexibility index (Phi) is 5.23. The zero-order valence-corrected chi connectivity index (χ0v) is 14.1. The highest BCUT2D eigenvalue weighted by atomic mass is 16.5. The minimum absolute atomic E-state index is 0.354. The van der Waals surface area contributed by atoms with E-state index in [0.717, 1.165) is 31.7 Å². The van der Waals surface area contributed by atoms with Crippen LogP contribution in [0.5, 0.6) is 0 Å². The van der Waals surface area contributed by atoms with Gasteiger partial charge in [-0.15, -0.1) is 0 Å². The second kappa shape index (κ2) is 6.97. The van der Waals surface area contributed by atoms with Gasteiger partial charge in [-0.25, -0.2) is 0 Å². The third-order valence-corrected chi connectivity index (χ3v) is 5.94. The molecule has 0 amide bonds. The topological polar surface area (TPSA) is 24.5 Å². The van der Waals surface area contributed by atoms with Gasteiger partial charge in [-0.3, -0.25) is 4.90 Å². The van der Waals surface area contributed by atoms with E-state index in [0.29, 0.717) is 11.5 Å². The molecule has 0 aromatic rings. The standard InChI is InChI=1S/C18H34N2O/c1-15(2)19-12-18(9-5-11-21-14-18)13-20-10-4-7-16-6-3-8-17(16)20/h15-17,19H,3-14H2,1-2H3. The highest BCUT2D eigenvalue weighted by molar-refractivity contribution is 4.94. The maximum Gasteiger partial charge on any atom is 0.0546 e. The number of piperidine rings is 1. The number of fused-ring (bicyclic) bond motifs is 1. The third-order valence-electron chi connectivity index (χ3n) is 5.94. The quantitative estimate of drug-likeness (QED) is 0.843. The van der Waals surface area contributed by atoms with Gasteiger partial charge < -0.3 is 10.1 Å². The lowest BCUT2D eigenvalue weighted by molar-refractivity contribution is -0.0423. The Morgan fingerprint density at radius 2 is 2.05 bits per heavy atom. The van der Waals surface area contributed by atoms with Crippen LogP contribution in [0.2, 0.25) is 0 Å². The van der Waals surface area contributed by atoms with Gasteiger partial charge >= 0.3 is 0 Å². The number of hydrogen-bond acceptors (Lipinski definition) is 3. The first kappa shape index (κ1) is 15.8. The molecule has 3 atom stereocenters. The highest BCUT2D eigenvalue weighted by Crippen LogP contribution is 2.39. The molecule has 2 heterocycles. The minimum atomic E-state index is 0.354. The monoisotopic (exact) mass is 294 g/mol. The summed E-state index contributed by atoms with van der Waals surface area (Å²) in [5, 5.41) is 3.70. The zero-order valence-electron chi connectivity index (χ0n) is 14.1. The minimum Gasteiger partial charge on any atom is -0.381 e. The van der Waals surface area contributed by atoms with Gasteiger partial charge in [0.05, 0.1) is 6.61 Å². The van der Waals surface area contributed by atoms with Gasteiger partial charge in [0.25, 0.3) is 0 Å². The van der Waals surface area contributed by atoms with Crippen molar-refractivity contribution in [2.75, 3.05) is 32.8 Å². The summed E-state index contributed by atoms with van der Waals surface area (Å²) in [5.74, 6) is 0.998. The Hall–Kier alpha value is -0.120. The van der Waals surface area contributed by atoms with Gasteiger partial charge in [0.1, 0.15) is 0 Å². The normalized spacial score (nSPS) is 37.9. The highest BCUT2D eigenvalue weighted by Gasteiger charge is 2.41. The van der Waals surface area contributed by atoms with Crippen LogP contribution >= 0.6 is 0 Å². The first-order valence-electron chi connectivity index (χ1n) is 9.24. The van der Waals surface area contributed by atoms with Crippen molar-refractivity contribution in [1.82, 2.24) is 10.2 Å². The fourth-order valence-corrected chi connectivity index (χ4v) is 4.83. The average Bonchev–Trinajstić information content (AvgIpc) is 2.96. The third kappa shape index (κ3) is 3.80. The summed E-state index contributed by atoms with van der Waals surface area (Å²) in [7, 11) is 0. The summed E-state index contributed by atoms with van der Waals surface area (Å²) in [5.41, 5.74) is 0.354. The fraction of sp³-hybridized carbons (Fsp3) is 1.00. The second-order valence-electron chi connectivity index (χ2n) is 8.06. The number of nitrogens with zero attached hydrogens (tertiary/aromatic N) is 1.